The third-order valence-corrected chi connectivity index (χ3v) is 28.8. The number of fused-ring (bicyclic) bond motifs is 4. The molecular formula is C107H113Cl8F3N16O16. The zero-order valence-electron chi connectivity index (χ0n) is 84.3. The van der Waals surface area contributed by atoms with Crippen molar-refractivity contribution in [1.82, 2.24) is 39.9 Å². The molecule has 0 radical (unpaired) electrons. The van der Waals surface area contributed by atoms with Crippen LogP contribution in [0.25, 0.3) is 88.1 Å². The number of hydrogen-bond acceptors (Lipinski definition) is 32. The van der Waals surface area contributed by atoms with Crippen LogP contribution in [0, 0.1) is 29.6 Å². The lowest BCUT2D eigenvalue weighted by Gasteiger charge is -2.23. The summed E-state index contributed by atoms with van der Waals surface area (Å²) in [6.07, 6.45) is 11.5. The molecule has 1 saturated carbocycles. The van der Waals surface area contributed by atoms with Gasteiger partial charge in [0.05, 0.1) is 197 Å². The Morgan fingerprint density at radius 2 is 0.627 bits per heavy atom. The number of anilines is 8. The molecule has 794 valence electrons. The van der Waals surface area contributed by atoms with Gasteiger partial charge in [0.2, 0.25) is 0 Å². The summed E-state index contributed by atoms with van der Waals surface area (Å²) in [5, 5.41) is 27.7. The van der Waals surface area contributed by atoms with Gasteiger partial charge in [0.1, 0.15) is 99.1 Å². The monoisotopic (exact) mass is 2210 g/mol. The topological polar surface area (TPSA) is 361 Å². The fourth-order valence-electron chi connectivity index (χ4n) is 17.8. The van der Waals surface area contributed by atoms with Gasteiger partial charge >= 0.3 is 6.18 Å². The number of pyridine rings is 8. The first-order valence-corrected chi connectivity index (χ1v) is 50.6. The van der Waals surface area contributed by atoms with Gasteiger partial charge in [0.15, 0.2) is 23.1 Å². The maximum Gasteiger partial charge on any atom is 0.405 e. The van der Waals surface area contributed by atoms with E-state index in [1.807, 2.05) is 68.5 Å². The van der Waals surface area contributed by atoms with Crippen LogP contribution in [0.5, 0.6) is 46.0 Å². The van der Waals surface area contributed by atoms with Crippen molar-refractivity contribution < 1.29 is 89.2 Å². The van der Waals surface area contributed by atoms with Crippen molar-refractivity contribution in [2.24, 2.45) is 29.6 Å². The molecule has 32 nitrogen and oxygen atoms in total. The van der Waals surface area contributed by atoms with Gasteiger partial charge in [-0.05, 0) is 98.5 Å². The van der Waals surface area contributed by atoms with Gasteiger partial charge in [-0.25, -0.2) is 39.9 Å². The van der Waals surface area contributed by atoms with E-state index in [-0.39, 0.29) is 116 Å². The number of rotatable bonds is 40. The Bertz CT molecular complexity index is 6970. The number of carbonyl (C=O) groups is 4. The second kappa shape index (κ2) is 51.1. The van der Waals surface area contributed by atoms with Gasteiger partial charge in [0, 0.05) is 198 Å². The number of allylic oxidation sites excluding steroid dienone is 4. The number of alkyl halides is 3. The van der Waals surface area contributed by atoms with Crippen molar-refractivity contribution >= 4 is 206 Å². The molecule has 17 rings (SSSR count). The number of nitrogens with one attached hydrogen (secondary N) is 6. The molecule has 4 saturated heterocycles. The molecule has 8 atom stereocenters. The molecule has 0 bridgehead atoms. The Kier molecular flexibility index (Phi) is 38.5. The molecule has 5 fully saturated rings. The average molecular weight is 2220 g/mol. The zero-order valence-corrected chi connectivity index (χ0v) is 90.3. The molecule has 8 aromatic heterocycles. The standard InChI is InChI=1S/C29H32Cl2N4O4.C26H25Cl2F3N4O4.2C26H28Cl2N4O4/c1-5-19(36)8-18-14-39-15-22(18)33-25-10-20-17(12-32-25)9-21(34-29(20)35(2)13-16-6-7-16)26-27(30)23(37-3)11-24(38-4)28(26)31;1-4-15(36)5-14-10-39-11-18(14)34-21-7-16-13(9-32-21)6-17(35-25(16)33-12-26(29,30)31)22-23(27)19(37-2)8-20(38-3)24(22)28;1-6-16(33)7-15-12-36-13-19(15)30-22-9-17-14(11-29-22)8-18(31-26(17)32(2)3)23-24(27)20(34-4)10-21(35-5)25(23)28;1-5-16(33)7-15-12-36-13-19(15)31-22-9-17-14(11-30-22)8-18(32-26(17)29-6-2)23-24(27)20(34-3)10-21(35-4)25(23)28/h5,9-12,16,18,22H,1,6-8,13-15H2,2-4H3,(H,32,33);4,6-9,14,18H,1,5,10-12H2,2-3H3,(H,32,34)(H,33,35);6,8-11,15,19H,1,7,12-13H2,2-5H3,(H,29,30);5,8-11,15,19H,1,6-7,12-13H2,2-4H3,(H,29,32)(H,30,31)/t18-,22+;14-,18+;2*15-,19+/m0000/s1. The molecule has 4 aliphatic heterocycles. The first-order valence-electron chi connectivity index (χ1n) is 47.6. The van der Waals surface area contributed by atoms with E-state index >= 15 is 0 Å². The predicted octanol–water partition coefficient (Wildman–Crippen LogP) is 23.1. The molecule has 0 amide bonds. The van der Waals surface area contributed by atoms with Crippen LogP contribution >= 0.6 is 92.8 Å². The van der Waals surface area contributed by atoms with Crippen LogP contribution in [0.2, 0.25) is 40.2 Å². The van der Waals surface area contributed by atoms with Gasteiger partial charge in [0.25, 0.3) is 0 Å². The van der Waals surface area contributed by atoms with Crippen molar-refractivity contribution in [3.63, 3.8) is 0 Å². The van der Waals surface area contributed by atoms with Crippen molar-refractivity contribution in [3.05, 3.63) is 188 Å². The Morgan fingerprint density at radius 1 is 0.373 bits per heavy atom. The van der Waals surface area contributed by atoms with Gasteiger partial charge in [-0.15, -0.1) is 0 Å². The minimum Gasteiger partial charge on any atom is -0.495 e. The van der Waals surface area contributed by atoms with E-state index < -0.39 is 12.7 Å². The molecule has 0 unspecified atom stereocenters. The number of hydrogen-bond donors (Lipinski definition) is 6. The first kappa shape index (κ1) is 113. The first-order chi connectivity index (χ1) is 72.0. The van der Waals surface area contributed by atoms with E-state index in [4.69, 9.17) is 170 Å². The van der Waals surface area contributed by atoms with Crippen LogP contribution in [0.4, 0.5) is 59.7 Å². The van der Waals surface area contributed by atoms with Gasteiger partial charge in [-0.2, -0.15) is 13.2 Å². The van der Waals surface area contributed by atoms with Crippen molar-refractivity contribution in [3.8, 4) is 91.0 Å². The zero-order chi connectivity index (χ0) is 108. The maximum absolute atomic E-state index is 13.2. The summed E-state index contributed by atoms with van der Waals surface area (Å²) >= 11 is 53.2. The summed E-state index contributed by atoms with van der Waals surface area (Å²) in [5.74, 6) is 8.27. The SMILES string of the molecule is C=CC(=O)C[C@H]1COC[C@H]1Nc1cc2c(N(C)C)nc(-c3c(Cl)c(OC)cc(OC)c3Cl)cc2cn1.C=CC(=O)C[C@H]1COC[C@H]1Nc1cc2c(N(C)CC3CC3)nc(-c3c(Cl)c(OC)cc(OC)c3Cl)cc2cn1.C=CC(=O)C[C@H]1COC[C@H]1Nc1cc2c(NCC(F)(F)F)nc(-c3c(Cl)c(OC)cc(OC)c3Cl)cc2cn1.C=CC(=O)C[C@H]1COC[C@H]1Nc1cc2c(NCC)nc(-c3c(Cl)c(OC)cc(OC)c3Cl)cc2cn1. The van der Waals surface area contributed by atoms with Crippen molar-refractivity contribution in [2.75, 3.05) is 192 Å². The van der Waals surface area contributed by atoms with E-state index in [0.29, 0.717) is 229 Å². The minimum atomic E-state index is -4.50. The number of halogens is 11. The maximum atomic E-state index is 13.2. The summed E-state index contributed by atoms with van der Waals surface area (Å²) in [6.45, 7) is 20.2. The predicted molar refractivity (Wildman–Crippen MR) is 588 cm³/mol. The van der Waals surface area contributed by atoms with E-state index in [0.717, 1.165) is 44.7 Å². The number of methoxy groups -OCH3 is 8. The summed E-state index contributed by atoms with van der Waals surface area (Å²) in [7, 11) is 17.9. The average Bonchev–Trinajstić information content (AvgIpc) is 0.965. The second-order valence-electron chi connectivity index (χ2n) is 36.1. The van der Waals surface area contributed by atoms with Crippen LogP contribution in [-0.2, 0) is 38.1 Å². The molecule has 1 aliphatic carbocycles. The Labute approximate surface area is 905 Å². The van der Waals surface area contributed by atoms with E-state index in [2.05, 4.69) is 90.1 Å². The number of ketones is 4. The normalized spacial score (nSPS) is 17.6. The highest BCUT2D eigenvalue weighted by Crippen LogP contribution is 2.53. The highest BCUT2D eigenvalue weighted by Gasteiger charge is 2.38. The summed E-state index contributed by atoms with van der Waals surface area (Å²) in [6, 6.07) is 20.9. The van der Waals surface area contributed by atoms with Crippen LogP contribution in [0.3, 0.4) is 0 Å². The lowest BCUT2D eigenvalue weighted by molar-refractivity contribution is -0.116. The fourth-order valence-corrected chi connectivity index (χ4v) is 20.6. The van der Waals surface area contributed by atoms with Gasteiger partial charge in [-0.1, -0.05) is 119 Å². The third kappa shape index (κ3) is 26.6. The molecular weight excluding hydrogens is 2110 g/mol. The Balaban J connectivity index is 0.000000158. The summed E-state index contributed by atoms with van der Waals surface area (Å²) in [4.78, 5) is 89.3. The number of ether oxygens (including phenoxy) is 12. The van der Waals surface area contributed by atoms with Gasteiger partial charge in [-0.3, -0.25) is 19.2 Å². The highest BCUT2D eigenvalue weighted by atomic mass is 35.5. The third-order valence-electron chi connectivity index (χ3n) is 25.8. The molecule has 6 N–H and O–H groups in total. The van der Waals surface area contributed by atoms with Crippen LogP contribution in [-0.4, -0.2) is 244 Å². The fraction of sp³-hybridized carbons (Fsp3) is 0.364. The summed E-state index contributed by atoms with van der Waals surface area (Å²) in [5.41, 5.74) is 3.70. The van der Waals surface area contributed by atoms with E-state index in [1.165, 1.54) is 92.1 Å². The van der Waals surface area contributed by atoms with Crippen LogP contribution in [0.1, 0.15) is 45.4 Å². The molecule has 43 heteroatoms. The Hall–Kier alpha value is -12.5. The van der Waals surface area contributed by atoms with Gasteiger partial charge < -0.3 is 98.5 Å². The molecule has 0 spiro atoms. The largest absolute Gasteiger partial charge is 0.495 e. The van der Waals surface area contributed by atoms with E-state index in [1.54, 1.807) is 56.9 Å². The quantitative estimate of drug-likeness (QED) is 0.0194. The van der Waals surface area contributed by atoms with Crippen LogP contribution in [0.15, 0.2) is 148 Å². The second-order valence-corrected chi connectivity index (χ2v) is 39.1. The molecule has 4 aromatic carbocycles. The lowest BCUT2D eigenvalue weighted by Crippen LogP contribution is -2.29. The van der Waals surface area contributed by atoms with Crippen molar-refractivity contribution in [1.29, 1.82) is 0 Å². The lowest BCUT2D eigenvalue weighted by atomic mass is 9.97. The highest BCUT2D eigenvalue weighted by molar-refractivity contribution is 6.43. The minimum absolute atomic E-state index is 0.00132. The molecule has 12 heterocycles. The van der Waals surface area contributed by atoms with E-state index in [9.17, 15) is 32.3 Å². The molecule has 12 aromatic rings. The van der Waals surface area contributed by atoms with Crippen LogP contribution < -0.4 is 79.6 Å². The Morgan fingerprint density at radius 3 is 0.880 bits per heavy atom. The summed E-state index contributed by atoms with van der Waals surface area (Å²) < 4.78 is 105. The number of nitrogens with zero attached hydrogens (tertiary/aromatic N) is 10. The molecule has 5 aliphatic rings. The number of benzene rings is 4. The molecule has 150 heavy (non-hydrogen) atoms. The van der Waals surface area contributed by atoms with Crippen molar-refractivity contribution in [2.45, 2.75) is 75.8 Å². The smallest absolute Gasteiger partial charge is 0.405 e. The number of carbonyl (C=O) groups excluding carboxylic acids is 4. The number of aromatic nitrogens is 8.